The molecule has 0 saturated carbocycles. The van der Waals surface area contributed by atoms with Crippen LogP contribution in [0.2, 0.25) is 0 Å². The summed E-state index contributed by atoms with van der Waals surface area (Å²) in [6, 6.07) is 9.40. The molecule has 0 radical (unpaired) electrons. The molecule has 156 valence electrons. The fourth-order valence-electron chi connectivity index (χ4n) is 2.97. The molecule has 2 unspecified atom stereocenters. The maximum absolute atomic E-state index is 12.9. The van der Waals surface area contributed by atoms with Gasteiger partial charge in [0.15, 0.2) is 5.16 Å². The van der Waals surface area contributed by atoms with Gasteiger partial charge in [-0.1, -0.05) is 43.8 Å². The van der Waals surface area contributed by atoms with Crippen LogP contribution in [0, 0.1) is 17.2 Å². The van der Waals surface area contributed by atoms with Crippen LogP contribution in [0.3, 0.4) is 0 Å². The summed E-state index contributed by atoms with van der Waals surface area (Å²) < 4.78 is 3.28. The van der Waals surface area contributed by atoms with E-state index in [9.17, 15) is 14.9 Å². The van der Waals surface area contributed by atoms with E-state index in [2.05, 4.69) is 28.2 Å². The highest BCUT2D eigenvalue weighted by Crippen LogP contribution is 2.26. The summed E-state index contributed by atoms with van der Waals surface area (Å²) in [5, 5.41) is 21.2. The predicted molar refractivity (Wildman–Crippen MR) is 117 cm³/mol. The number of rotatable bonds is 7. The van der Waals surface area contributed by atoms with Gasteiger partial charge >= 0.3 is 0 Å². The number of carbonyl (C=O) groups is 1. The Kier molecular flexibility index (Phi) is 5.99. The van der Waals surface area contributed by atoms with E-state index in [0.29, 0.717) is 28.4 Å². The van der Waals surface area contributed by atoms with Crippen LogP contribution in [0.15, 0.2) is 46.9 Å². The lowest BCUT2D eigenvalue weighted by Crippen LogP contribution is -2.51. The molecule has 0 bridgehead atoms. The monoisotopic (exact) mass is 424 g/mol. The molecule has 0 aliphatic heterocycles. The number of thioether (sulfide) groups is 1. The van der Waals surface area contributed by atoms with Crippen LogP contribution in [-0.2, 0) is 11.3 Å². The first-order valence-electron chi connectivity index (χ1n) is 9.61. The first kappa shape index (κ1) is 21.6. The average molecular weight is 425 g/mol. The Morgan fingerprint density at radius 2 is 2.07 bits per heavy atom. The maximum Gasteiger partial charge on any atom is 0.263 e. The second-order valence-electron chi connectivity index (χ2n) is 7.56. The number of nitriles is 1. The summed E-state index contributed by atoms with van der Waals surface area (Å²) >= 11 is 1.22. The van der Waals surface area contributed by atoms with Gasteiger partial charge in [0.1, 0.15) is 5.54 Å². The fourth-order valence-corrected chi connectivity index (χ4v) is 3.83. The molecule has 2 aromatic heterocycles. The summed E-state index contributed by atoms with van der Waals surface area (Å²) in [4.78, 5) is 25.6. The molecule has 0 aliphatic carbocycles. The van der Waals surface area contributed by atoms with E-state index in [0.717, 1.165) is 0 Å². The Labute approximate surface area is 178 Å². The summed E-state index contributed by atoms with van der Waals surface area (Å²) in [5.74, 6) is 0.0748. The topological polar surface area (TPSA) is 105 Å². The Balaban J connectivity index is 2.04. The number of fused-ring (bicyclic) bond motifs is 3. The van der Waals surface area contributed by atoms with Gasteiger partial charge in [0, 0.05) is 6.54 Å². The van der Waals surface area contributed by atoms with Crippen molar-refractivity contribution in [3.8, 4) is 6.07 Å². The number of para-hydroxylation sites is 1. The molecular weight excluding hydrogens is 400 g/mol. The van der Waals surface area contributed by atoms with Crippen LogP contribution in [-0.4, -0.2) is 35.9 Å². The largest absolute Gasteiger partial charge is 0.337 e. The molecule has 30 heavy (non-hydrogen) atoms. The second kappa shape index (κ2) is 8.32. The van der Waals surface area contributed by atoms with E-state index in [1.807, 2.05) is 26.0 Å². The first-order chi connectivity index (χ1) is 14.2. The van der Waals surface area contributed by atoms with Crippen molar-refractivity contribution in [2.45, 2.75) is 50.2 Å². The summed E-state index contributed by atoms with van der Waals surface area (Å²) in [5.41, 5.74) is -0.466. The minimum absolute atomic E-state index is 0.0464. The standard InChI is InChI=1S/C21H24N6O2S/c1-6-11-26-18(29)15-9-7-8-10-16(15)27-19(26)24-25-20(27)30-14(4)17(28)23-21(5,12-22)13(2)3/h6-10,13-14H,1,11H2,2-5H3,(H,23,28). The van der Waals surface area contributed by atoms with Crippen molar-refractivity contribution in [3.63, 3.8) is 0 Å². The molecule has 3 aromatic rings. The molecule has 9 heteroatoms. The Morgan fingerprint density at radius 3 is 2.70 bits per heavy atom. The molecule has 2 atom stereocenters. The van der Waals surface area contributed by atoms with E-state index < -0.39 is 10.8 Å². The number of aromatic nitrogens is 4. The minimum Gasteiger partial charge on any atom is -0.337 e. The van der Waals surface area contributed by atoms with E-state index in [-0.39, 0.29) is 17.4 Å². The molecule has 0 aliphatic rings. The third-order valence-electron chi connectivity index (χ3n) is 5.21. The number of hydrogen-bond donors (Lipinski definition) is 1. The quantitative estimate of drug-likeness (QED) is 0.462. The predicted octanol–water partition coefficient (Wildman–Crippen LogP) is 2.77. The molecule has 0 saturated heterocycles. The van der Waals surface area contributed by atoms with E-state index in [1.54, 1.807) is 36.5 Å². The third-order valence-corrected chi connectivity index (χ3v) is 6.25. The summed E-state index contributed by atoms with van der Waals surface area (Å²) in [6.07, 6.45) is 1.63. The van der Waals surface area contributed by atoms with Crippen molar-refractivity contribution in [1.29, 1.82) is 5.26 Å². The van der Waals surface area contributed by atoms with Gasteiger partial charge in [0.25, 0.3) is 5.56 Å². The van der Waals surface area contributed by atoms with E-state index >= 15 is 0 Å². The minimum atomic E-state index is -0.962. The van der Waals surface area contributed by atoms with Gasteiger partial charge in [-0.2, -0.15) is 5.26 Å². The van der Waals surface area contributed by atoms with Crippen LogP contribution in [0.5, 0.6) is 0 Å². The van der Waals surface area contributed by atoms with Gasteiger partial charge in [0.05, 0.1) is 22.2 Å². The zero-order valence-electron chi connectivity index (χ0n) is 17.4. The van der Waals surface area contributed by atoms with Gasteiger partial charge in [-0.15, -0.1) is 16.8 Å². The Morgan fingerprint density at radius 1 is 1.37 bits per heavy atom. The molecule has 0 fully saturated rings. The summed E-state index contributed by atoms with van der Waals surface area (Å²) in [7, 11) is 0. The number of carbonyl (C=O) groups excluding carboxylic acids is 1. The van der Waals surface area contributed by atoms with Gasteiger partial charge in [0.2, 0.25) is 11.7 Å². The second-order valence-corrected chi connectivity index (χ2v) is 8.87. The Hall–Kier alpha value is -3.12. The highest BCUT2D eigenvalue weighted by molar-refractivity contribution is 8.00. The zero-order chi connectivity index (χ0) is 22.1. The molecule has 1 N–H and O–H groups in total. The van der Waals surface area contributed by atoms with Crippen LogP contribution in [0.4, 0.5) is 0 Å². The summed E-state index contributed by atoms with van der Waals surface area (Å²) in [6.45, 7) is 11.2. The lowest BCUT2D eigenvalue weighted by Gasteiger charge is -2.28. The van der Waals surface area contributed by atoms with Gasteiger partial charge < -0.3 is 5.32 Å². The van der Waals surface area contributed by atoms with Gasteiger partial charge in [-0.25, -0.2) is 0 Å². The molecular formula is C21H24N6O2S. The first-order valence-corrected chi connectivity index (χ1v) is 10.5. The van der Waals surface area contributed by atoms with Crippen molar-refractivity contribution >= 4 is 34.3 Å². The lowest BCUT2D eigenvalue weighted by molar-refractivity contribution is -0.121. The van der Waals surface area contributed by atoms with Crippen molar-refractivity contribution in [2.24, 2.45) is 5.92 Å². The Bertz CT molecular complexity index is 1220. The normalized spacial score (nSPS) is 14.4. The van der Waals surface area contributed by atoms with E-state index in [1.165, 1.54) is 16.3 Å². The molecule has 0 spiro atoms. The van der Waals surface area contributed by atoms with Gasteiger partial charge in [-0.05, 0) is 31.9 Å². The molecule has 3 rings (SSSR count). The number of amides is 1. The highest BCUT2D eigenvalue weighted by Gasteiger charge is 2.32. The van der Waals surface area contributed by atoms with Crippen molar-refractivity contribution in [2.75, 3.05) is 0 Å². The third kappa shape index (κ3) is 3.71. The molecule has 1 aromatic carbocycles. The van der Waals surface area contributed by atoms with E-state index in [4.69, 9.17) is 0 Å². The van der Waals surface area contributed by atoms with Crippen LogP contribution >= 0.6 is 11.8 Å². The number of nitrogens with zero attached hydrogens (tertiary/aromatic N) is 5. The van der Waals surface area contributed by atoms with Crippen LogP contribution < -0.4 is 10.9 Å². The zero-order valence-corrected chi connectivity index (χ0v) is 18.2. The number of allylic oxidation sites excluding steroid dienone is 1. The maximum atomic E-state index is 12.9. The van der Waals surface area contributed by atoms with Crippen LogP contribution in [0.1, 0.15) is 27.7 Å². The number of hydrogen-bond acceptors (Lipinski definition) is 6. The van der Waals surface area contributed by atoms with Crippen molar-refractivity contribution < 1.29 is 4.79 Å². The number of nitrogens with one attached hydrogen (secondary N) is 1. The highest BCUT2D eigenvalue weighted by atomic mass is 32.2. The van der Waals surface area contributed by atoms with Crippen LogP contribution in [0.25, 0.3) is 16.7 Å². The van der Waals surface area contributed by atoms with Crippen molar-refractivity contribution in [1.82, 2.24) is 24.5 Å². The van der Waals surface area contributed by atoms with Crippen molar-refractivity contribution in [3.05, 3.63) is 47.3 Å². The molecule has 8 nitrogen and oxygen atoms in total. The fraction of sp³-hybridized carbons (Fsp3) is 0.381. The molecule has 2 heterocycles. The average Bonchev–Trinajstić information content (AvgIpc) is 3.14. The van der Waals surface area contributed by atoms with Gasteiger partial charge in [-0.3, -0.25) is 18.6 Å². The SMILES string of the molecule is C=CCn1c(=O)c2ccccc2n2c(SC(C)C(=O)NC(C)(C#N)C(C)C)nnc12. The number of benzene rings is 1. The molecule has 1 amide bonds. The smallest absolute Gasteiger partial charge is 0.263 e. The lowest BCUT2D eigenvalue weighted by atomic mass is 9.90.